The van der Waals surface area contributed by atoms with Gasteiger partial charge in [0, 0.05) is 25.8 Å². The van der Waals surface area contributed by atoms with Crippen LogP contribution in [0, 0.1) is 0 Å². The van der Waals surface area contributed by atoms with E-state index < -0.39 is 16.7 Å². The fourth-order valence-electron chi connectivity index (χ4n) is 3.32. The lowest BCUT2D eigenvalue weighted by atomic mass is 10.0. The Morgan fingerprint density at radius 1 is 1.30 bits per heavy atom. The molecule has 2 aliphatic rings. The number of hydrogen-bond donors (Lipinski definition) is 1. The van der Waals surface area contributed by atoms with Crippen LogP contribution in [0.5, 0.6) is 0 Å². The van der Waals surface area contributed by atoms with Gasteiger partial charge in [-0.3, -0.25) is 24.0 Å². The number of H-pyrrole nitrogens is 1. The molecule has 0 aromatic carbocycles. The Morgan fingerprint density at radius 3 is 3.04 bits per heavy atom. The molecule has 0 aliphatic carbocycles. The van der Waals surface area contributed by atoms with Crippen LogP contribution in [0.2, 0.25) is 0 Å². The minimum atomic E-state index is -0.686. The van der Waals surface area contributed by atoms with Crippen LogP contribution >= 0.6 is 0 Å². The Morgan fingerprint density at radius 2 is 2.22 bits per heavy atom. The third-order valence-corrected chi connectivity index (χ3v) is 4.50. The first kappa shape index (κ1) is 14.3. The van der Waals surface area contributed by atoms with Crippen molar-refractivity contribution in [1.82, 2.24) is 24.6 Å². The first-order valence-electron chi connectivity index (χ1n) is 7.60. The zero-order valence-corrected chi connectivity index (χ0v) is 12.6. The van der Waals surface area contributed by atoms with E-state index >= 15 is 0 Å². The SMILES string of the molecule is O=c1[nH]nc2n(c1=O)C[C@@]1(CCN(Cc3ccccn3)C1)OC2. The highest BCUT2D eigenvalue weighted by molar-refractivity contribution is 5.06. The maximum Gasteiger partial charge on any atom is 0.330 e. The van der Waals surface area contributed by atoms with Crippen molar-refractivity contribution >= 4 is 0 Å². The van der Waals surface area contributed by atoms with Crippen molar-refractivity contribution in [3.8, 4) is 0 Å². The van der Waals surface area contributed by atoms with Crippen LogP contribution in [0.25, 0.3) is 0 Å². The molecule has 1 atom stereocenters. The van der Waals surface area contributed by atoms with Crippen LogP contribution < -0.4 is 11.1 Å². The average molecular weight is 315 g/mol. The van der Waals surface area contributed by atoms with Crippen molar-refractivity contribution in [3.05, 3.63) is 56.6 Å². The molecule has 1 fully saturated rings. The molecule has 8 heteroatoms. The lowest BCUT2D eigenvalue weighted by Crippen LogP contribution is -2.51. The number of likely N-dealkylation sites (tertiary alicyclic amines) is 1. The van der Waals surface area contributed by atoms with Gasteiger partial charge in [-0.15, -0.1) is 0 Å². The van der Waals surface area contributed by atoms with E-state index in [9.17, 15) is 9.59 Å². The van der Waals surface area contributed by atoms with Crippen molar-refractivity contribution in [3.63, 3.8) is 0 Å². The summed E-state index contributed by atoms with van der Waals surface area (Å²) in [4.78, 5) is 30.1. The molecule has 4 heterocycles. The lowest BCUT2D eigenvalue weighted by Gasteiger charge is -2.34. The largest absolute Gasteiger partial charge is 0.364 e. The summed E-state index contributed by atoms with van der Waals surface area (Å²) < 4.78 is 7.46. The number of hydrogen-bond acceptors (Lipinski definition) is 6. The molecule has 0 radical (unpaired) electrons. The van der Waals surface area contributed by atoms with Crippen LogP contribution in [0.3, 0.4) is 0 Å². The first-order valence-corrected chi connectivity index (χ1v) is 7.60. The highest BCUT2D eigenvalue weighted by Gasteiger charge is 2.43. The second kappa shape index (κ2) is 5.39. The summed E-state index contributed by atoms with van der Waals surface area (Å²) in [5.74, 6) is 0.475. The molecule has 2 aromatic rings. The van der Waals surface area contributed by atoms with Gasteiger partial charge in [0.05, 0.1) is 12.2 Å². The van der Waals surface area contributed by atoms with E-state index in [0.717, 1.165) is 25.2 Å². The smallest absolute Gasteiger partial charge is 0.330 e. The van der Waals surface area contributed by atoms with E-state index in [-0.39, 0.29) is 6.61 Å². The van der Waals surface area contributed by atoms with Gasteiger partial charge in [0.1, 0.15) is 12.2 Å². The van der Waals surface area contributed by atoms with Crippen LogP contribution in [0.4, 0.5) is 0 Å². The summed E-state index contributed by atoms with van der Waals surface area (Å²) in [7, 11) is 0. The van der Waals surface area contributed by atoms with Crippen LogP contribution in [0.1, 0.15) is 17.9 Å². The highest BCUT2D eigenvalue weighted by Crippen LogP contribution is 2.31. The lowest BCUT2D eigenvalue weighted by molar-refractivity contribution is -0.0853. The second-order valence-corrected chi connectivity index (χ2v) is 6.11. The predicted octanol–water partition coefficient (Wildman–Crippen LogP) is -0.499. The third-order valence-electron chi connectivity index (χ3n) is 4.50. The van der Waals surface area contributed by atoms with Gasteiger partial charge in [-0.1, -0.05) is 6.07 Å². The molecule has 23 heavy (non-hydrogen) atoms. The average Bonchev–Trinajstić information content (AvgIpc) is 2.95. The molecule has 0 bridgehead atoms. The van der Waals surface area contributed by atoms with Gasteiger partial charge in [-0.05, 0) is 18.6 Å². The van der Waals surface area contributed by atoms with E-state index in [1.54, 1.807) is 6.20 Å². The van der Waals surface area contributed by atoms with Gasteiger partial charge in [0.25, 0.3) is 0 Å². The minimum absolute atomic E-state index is 0.240. The standard InChI is InChI=1S/C15H17N5O3/c21-13-14(22)20-10-15(23-8-12(20)17-18-13)4-6-19(9-15)7-11-3-1-2-5-16-11/h1-3,5H,4,6-10H2,(H,18,21)/t15-/m0/s1. The van der Waals surface area contributed by atoms with E-state index in [0.29, 0.717) is 18.9 Å². The van der Waals surface area contributed by atoms with Gasteiger partial charge in [0.2, 0.25) is 0 Å². The minimum Gasteiger partial charge on any atom is -0.364 e. The van der Waals surface area contributed by atoms with Crippen molar-refractivity contribution in [2.75, 3.05) is 13.1 Å². The van der Waals surface area contributed by atoms with Crippen molar-refractivity contribution < 1.29 is 4.74 Å². The van der Waals surface area contributed by atoms with Gasteiger partial charge in [0.15, 0.2) is 5.82 Å². The van der Waals surface area contributed by atoms with Crippen LogP contribution in [0.15, 0.2) is 34.0 Å². The van der Waals surface area contributed by atoms with Gasteiger partial charge in [-0.25, -0.2) is 5.10 Å². The van der Waals surface area contributed by atoms with Crippen LogP contribution in [-0.4, -0.2) is 43.3 Å². The fourth-order valence-corrected chi connectivity index (χ4v) is 3.32. The number of nitrogens with one attached hydrogen (secondary N) is 1. The number of ether oxygens (including phenoxy) is 1. The number of aromatic nitrogens is 4. The molecular weight excluding hydrogens is 298 g/mol. The van der Waals surface area contributed by atoms with Crippen molar-refractivity contribution in [2.24, 2.45) is 0 Å². The Kier molecular flexibility index (Phi) is 3.35. The molecular formula is C15H17N5O3. The zero-order chi connectivity index (χ0) is 15.9. The molecule has 0 saturated carbocycles. The topological polar surface area (TPSA) is 93.1 Å². The molecule has 2 aromatic heterocycles. The Balaban J connectivity index is 1.54. The highest BCUT2D eigenvalue weighted by atomic mass is 16.5. The maximum atomic E-state index is 12.0. The summed E-state index contributed by atoms with van der Waals surface area (Å²) in [6, 6.07) is 5.86. The normalized spacial score (nSPS) is 24.0. The Bertz CT molecular complexity index is 831. The molecule has 1 spiro atoms. The molecule has 0 amide bonds. The number of fused-ring (bicyclic) bond motifs is 1. The maximum absolute atomic E-state index is 12.0. The van der Waals surface area contributed by atoms with E-state index in [1.807, 2.05) is 18.2 Å². The molecule has 8 nitrogen and oxygen atoms in total. The van der Waals surface area contributed by atoms with Crippen LogP contribution in [-0.2, 0) is 24.4 Å². The summed E-state index contributed by atoms with van der Waals surface area (Å²) in [6.07, 6.45) is 2.60. The first-order chi connectivity index (χ1) is 11.2. The van der Waals surface area contributed by atoms with Crippen molar-refractivity contribution in [1.29, 1.82) is 0 Å². The Hall–Kier alpha value is -2.32. The number of nitrogens with zero attached hydrogens (tertiary/aromatic N) is 4. The second-order valence-electron chi connectivity index (χ2n) is 6.11. The van der Waals surface area contributed by atoms with Crippen molar-refractivity contribution in [2.45, 2.75) is 31.7 Å². The summed E-state index contributed by atoms with van der Waals surface area (Å²) in [5, 5.41) is 6.11. The molecule has 4 rings (SSSR count). The molecule has 0 unspecified atom stereocenters. The van der Waals surface area contributed by atoms with E-state index in [1.165, 1.54) is 4.57 Å². The summed E-state index contributed by atoms with van der Waals surface area (Å²) in [5.41, 5.74) is -0.660. The monoisotopic (exact) mass is 315 g/mol. The summed E-state index contributed by atoms with van der Waals surface area (Å²) in [6.45, 7) is 2.95. The molecule has 120 valence electrons. The third kappa shape index (κ3) is 2.60. The molecule has 1 N–H and O–H groups in total. The summed E-state index contributed by atoms with van der Waals surface area (Å²) >= 11 is 0. The molecule has 2 aliphatic heterocycles. The fraction of sp³-hybridized carbons (Fsp3) is 0.467. The van der Waals surface area contributed by atoms with Gasteiger partial charge in [-0.2, -0.15) is 5.10 Å². The number of rotatable bonds is 2. The molecule has 1 saturated heterocycles. The van der Waals surface area contributed by atoms with Gasteiger partial charge >= 0.3 is 11.1 Å². The number of aromatic amines is 1. The predicted molar refractivity (Wildman–Crippen MR) is 80.8 cm³/mol. The Labute approximate surface area is 131 Å². The number of pyridine rings is 1. The quantitative estimate of drug-likeness (QED) is 0.751. The van der Waals surface area contributed by atoms with Gasteiger partial charge < -0.3 is 4.74 Å². The zero-order valence-electron chi connectivity index (χ0n) is 12.6. The van der Waals surface area contributed by atoms with E-state index in [2.05, 4.69) is 20.1 Å². The van der Waals surface area contributed by atoms with E-state index in [4.69, 9.17) is 4.74 Å².